The Morgan fingerprint density at radius 3 is 2.25 bits per heavy atom. The molecular weight excluding hydrogens is 220 g/mol. The molecule has 0 rings (SSSR count). The normalized spacial score (nSPS) is 12.3. The molecule has 0 spiro atoms. The lowest BCUT2D eigenvalue weighted by Crippen LogP contribution is -2.42. The summed E-state index contributed by atoms with van der Waals surface area (Å²) in [6.45, 7) is 10.5. The standard InChI is InChI=1S/C12H24O3Si/c1-12(2,3)16(4,5)15-11(14)9-7-6-8-10-13/h10H,6-9H2,1-5H3. The van der Waals surface area contributed by atoms with Crippen LogP contribution in [0.1, 0.15) is 46.5 Å². The number of hydrogen-bond acceptors (Lipinski definition) is 3. The summed E-state index contributed by atoms with van der Waals surface area (Å²) >= 11 is 0. The van der Waals surface area contributed by atoms with Gasteiger partial charge in [-0.3, -0.25) is 4.79 Å². The number of unbranched alkanes of at least 4 members (excludes halogenated alkanes) is 2. The fourth-order valence-electron chi connectivity index (χ4n) is 0.986. The lowest BCUT2D eigenvalue weighted by molar-refractivity contribution is -0.135. The van der Waals surface area contributed by atoms with E-state index in [1.54, 1.807) is 0 Å². The van der Waals surface area contributed by atoms with Gasteiger partial charge in [-0.2, -0.15) is 0 Å². The largest absolute Gasteiger partial charge is 0.519 e. The highest BCUT2D eigenvalue weighted by Gasteiger charge is 2.40. The van der Waals surface area contributed by atoms with Crippen molar-refractivity contribution >= 4 is 20.6 Å². The van der Waals surface area contributed by atoms with Crippen molar-refractivity contribution in [1.82, 2.24) is 0 Å². The zero-order chi connectivity index (χ0) is 12.8. The summed E-state index contributed by atoms with van der Waals surface area (Å²) in [6, 6.07) is 0. The van der Waals surface area contributed by atoms with Gasteiger partial charge in [-0.1, -0.05) is 20.8 Å². The predicted molar refractivity (Wildman–Crippen MR) is 67.8 cm³/mol. The molecule has 0 amide bonds. The van der Waals surface area contributed by atoms with E-state index >= 15 is 0 Å². The Bertz CT molecular complexity index is 241. The zero-order valence-corrected chi connectivity index (χ0v) is 12.1. The molecule has 0 fully saturated rings. The van der Waals surface area contributed by atoms with Crippen molar-refractivity contribution in [2.24, 2.45) is 0 Å². The minimum Gasteiger partial charge on any atom is -0.519 e. The average molecular weight is 244 g/mol. The molecule has 0 aliphatic carbocycles. The van der Waals surface area contributed by atoms with Crippen LogP contribution in [0.3, 0.4) is 0 Å². The third-order valence-corrected chi connectivity index (χ3v) is 7.48. The lowest BCUT2D eigenvalue weighted by atomic mass is 10.2. The first-order valence-corrected chi connectivity index (χ1v) is 8.77. The van der Waals surface area contributed by atoms with Crippen molar-refractivity contribution in [2.45, 2.75) is 64.6 Å². The van der Waals surface area contributed by atoms with Gasteiger partial charge in [0.05, 0.1) is 0 Å². The molecule has 0 aliphatic rings. The Labute approximate surface area is 99.7 Å². The Morgan fingerprint density at radius 2 is 1.81 bits per heavy atom. The van der Waals surface area contributed by atoms with Gasteiger partial charge in [0.1, 0.15) is 6.29 Å². The van der Waals surface area contributed by atoms with Crippen LogP contribution in [-0.4, -0.2) is 20.6 Å². The van der Waals surface area contributed by atoms with Crippen LogP contribution in [0.4, 0.5) is 0 Å². The third kappa shape index (κ3) is 5.44. The Balaban J connectivity index is 4.00. The van der Waals surface area contributed by atoms with Crippen molar-refractivity contribution < 1.29 is 14.0 Å². The summed E-state index contributed by atoms with van der Waals surface area (Å²) in [6.07, 6.45) is 3.37. The third-order valence-electron chi connectivity index (χ3n) is 3.13. The summed E-state index contributed by atoms with van der Waals surface area (Å²) in [5, 5.41) is 0.0610. The minimum absolute atomic E-state index is 0.0610. The molecule has 0 saturated carbocycles. The van der Waals surface area contributed by atoms with Crippen molar-refractivity contribution in [1.29, 1.82) is 0 Å². The maximum Gasteiger partial charge on any atom is 0.292 e. The summed E-state index contributed by atoms with van der Waals surface area (Å²) in [7, 11) is -1.96. The molecule has 3 nitrogen and oxygen atoms in total. The van der Waals surface area contributed by atoms with Crippen molar-refractivity contribution in [3.63, 3.8) is 0 Å². The molecule has 0 heterocycles. The minimum atomic E-state index is -1.96. The van der Waals surface area contributed by atoms with E-state index in [0.29, 0.717) is 12.8 Å². The summed E-state index contributed by atoms with van der Waals surface area (Å²) in [4.78, 5) is 21.7. The van der Waals surface area contributed by atoms with E-state index in [0.717, 1.165) is 19.1 Å². The molecule has 0 atom stereocenters. The van der Waals surface area contributed by atoms with E-state index in [4.69, 9.17) is 4.43 Å². The molecule has 0 aromatic rings. The fourth-order valence-corrected chi connectivity index (χ4v) is 1.96. The van der Waals surface area contributed by atoms with Crippen molar-refractivity contribution in [2.75, 3.05) is 0 Å². The number of hydrogen-bond donors (Lipinski definition) is 0. The van der Waals surface area contributed by atoms with Crippen LogP contribution in [-0.2, 0) is 14.0 Å². The van der Waals surface area contributed by atoms with Crippen LogP contribution in [0.25, 0.3) is 0 Å². The van der Waals surface area contributed by atoms with Crippen LogP contribution in [0.5, 0.6) is 0 Å². The molecular formula is C12H24O3Si. The molecule has 94 valence electrons. The van der Waals surface area contributed by atoms with Crippen LogP contribution in [0, 0.1) is 0 Å². The second-order valence-corrected chi connectivity index (χ2v) is 10.4. The molecule has 0 saturated heterocycles. The first-order valence-electron chi connectivity index (χ1n) is 5.86. The first kappa shape index (κ1) is 15.4. The van der Waals surface area contributed by atoms with Crippen LogP contribution >= 0.6 is 0 Å². The van der Waals surface area contributed by atoms with Crippen molar-refractivity contribution in [3.05, 3.63) is 0 Å². The van der Waals surface area contributed by atoms with E-state index in [1.807, 2.05) is 0 Å². The molecule has 0 aromatic heterocycles. The smallest absolute Gasteiger partial charge is 0.292 e. The van der Waals surface area contributed by atoms with Gasteiger partial charge in [0, 0.05) is 12.8 Å². The van der Waals surface area contributed by atoms with Crippen LogP contribution < -0.4 is 0 Å². The number of carbonyl (C=O) groups is 2. The Kier molecular flexibility index (Phi) is 5.93. The molecule has 0 aromatic carbocycles. The van der Waals surface area contributed by atoms with E-state index < -0.39 is 8.32 Å². The summed E-state index contributed by atoms with van der Waals surface area (Å²) in [5.41, 5.74) is 0. The number of aldehydes is 1. The fraction of sp³-hybridized carbons (Fsp3) is 0.833. The average Bonchev–Trinajstić information content (AvgIpc) is 2.10. The number of rotatable bonds is 6. The molecule has 16 heavy (non-hydrogen) atoms. The topological polar surface area (TPSA) is 43.4 Å². The Morgan fingerprint density at radius 1 is 1.25 bits per heavy atom. The van der Waals surface area contributed by atoms with E-state index in [2.05, 4.69) is 33.9 Å². The van der Waals surface area contributed by atoms with Gasteiger partial charge < -0.3 is 9.22 Å². The molecule has 0 bridgehead atoms. The summed E-state index contributed by atoms with van der Waals surface area (Å²) in [5.74, 6) is -0.113. The second kappa shape index (κ2) is 6.18. The molecule has 4 heteroatoms. The maximum absolute atomic E-state index is 11.6. The maximum atomic E-state index is 11.6. The molecule has 0 unspecified atom stereocenters. The van der Waals surface area contributed by atoms with Gasteiger partial charge in [-0.25, -0.2) is 0 Å². The summed E-state index contributed by atoms with van der Waals surface area (Å²) < 4.78 is 5.59. The van der Waals surface area contributed by atoms with Gasteiger partial charge in [0.15, 0.2) is 0 Å². The zero-order valence-electron chi connectivity index (χ0n) is 11.1. The van der Waals surface area contributed by atoms with Gasteiger partial charge in [0.25, 0.3) is 14.3 Å². The predicted octanol–water partition coefficient (Wildman–Crippen LogP) is 3.29. The second-order valence-electron chi connectivity index (χ2n) is 5.65. The van der Waals surface area contributed by atoms with Crippen LogP contribution in [0.15, 0.2) is 0 Å². The van der Waals surface area contributed by atoms with E-state index in [1.165, 1.54) is 0 Å². The highest BCUT2D eigenvalue weighted by Crippen LogP contribution is 2.36. The lowest BCUT2D eigenvalue weighted by Gasteiger charge is -2.35. The molecule has 0 aliphatic heterocycles. The van der Waals surface area contributed by atoms with E-state index in [9.17, 15) is 9.59 Å². The van der Waals surface area contributed by atoms with Crippen LogP contribution in [0.2, 0.25) is 18.1 Å². The molecule has 0 radical (unpaired) electrons. The van der Waals surface area contributed by atoms with Crippen molar-refractivity contribution in [3.8, 4) is 0 Å². The van der Waals surface area contributed by atoms with Gasteiger partial charge in [-0.15, -0.1) is 0 Å². The highest BCUT2D eigenvalue weighted by atomic mass is 28.4. The first-order chi connectivity index (χ1) is 7.20. The number of carbonyl (C=O) groups excluding carboxylic acids is 2. The SMILES string of the molecule is CC(C)(C)[Si](C)(C)OC(=O)CCCCC=O. The van der Waals surface area contributed by atoms with Gasteiger partial charge in [0.2, 0.25) is 0 Å². The Hall–Kier alpha value is -0.643. The van der Waals surface area contributed by atoms with Gasteiger partial charge in [-0.05, 0) is 31.0 Å². The quantitative estimate of drug-likeness (QED) is 0.409. The molecule has 0 N–H and O–H groups in total. The van der Waals surface area contributed by atoms with Gasteiger partial charge >= 0.3 is 0 Å². The monoisotopic (exact) mass is 244 g/mol. The van der Waals surface area contributed by atoms with E-state index in [-0.39, 0.29) is 11.0 Å². The highest BCUT2D eigenvalue weighted by molar-refractivity contribution is 6.75.